The lowest BCUT2D eigenvalue weighted by Gasteiger charge is -1.99. The average Bonchev–Trinajstić information content (AvgIpc) is 2.91. The first-order chi connectivity index (χ1) is 18.4. The van der Waals surface area contributed by atoms with Crippen LogP contribution in [0.1, 0.15) is 0 Å². The van der Waals surface area contributed by atoms with E-state index in [1.807, 2.05) is 0 Å². The van der Waals surface area contributed by atoms with Crippen LogP contribution < -0.4 is 0 Å². The summed E-state index contributed by atoms with van der Waals surface area (Å²) < 4.78 is 4.08. The molecule has 0 fully saturated rings. The van der Waals surface area contributed by atoms with Crippen molar-refractivity contribution in [2.24, 2.45) is 0 Å². The Balaban J connectivity index is 3.00. The molecule has 0 aromatic heterocycles. The molecule has 35 nitrogen and oxygen atoms in total. The van der Waals surface area contributed by atoms with Gasteiger partial charge in [-0.1, -0.05) is 0 Å². The van der Waals surface area contributed by atoms with Crippen LogP contribution in [-0.2, 0) is 171 Å². The van der Waals surface area contributed by atoms with E-state index in [4.69, 9.17) is 5.26 Å². The van der Waals surface area contributed by atoms with E-state index in [1.54, 1.807) is 0 Å². The van der Waals surface area contributed by atoms with Gasteiger partial charge in [-0.2, -0.15) is 0 Å². The summed E-state index contributed by atoms with van der Waals surface area (Å²) in [6.45, 7) is 0. The van der Waals surface area contributed by atoms with E-state index in [0.717, 1.165) is 12.0 Å². The Hall–Kier alpha value is -1.05. The molecule has 0 bridgehead atoms. The van der Waals surface area contributed by atoms with E-state index in [-0.39, 0.29) is 0 Å². The van der Waals surface area contributed by atoms with Gasteiger partial charge in [-0.05, 0) is 80.6 Å². The fourth-order valence-corrected chi connectivity index (χ4v) is 0.470. The lowest BCUT2D eigenvalue weighted by atomic mass is 12.0. The van der Waals surface area contributed by atoms with Crippen molar-refractivity contribution < 1.29 is 176 Å². The predicted molar refractivity (Wildman–Crippen MR) is 53.0 cm³/mol. The summed E-state index contributed by atoms with van der Waals surface area (Å²) in [4.78, 5) is 0. The van der Waals surface area contributed by atoms with Crippen LogP contribution in [0, 0.1) is 0 Å². The molecule has 224 valence electrons. The molecule has 0 atom stereocenters. The van der Waals surface area contributed by atoms with Gasteiger partial charge in [0.1, 0.15) is 0 Å². The van der Waals surface area contributed by atoms with Crippen LogP contribution in [-0.4, -0.2) is 11.5 Å². The van der Waals surface area contributed by atoms with Crippen molar-refractivity contribution in [1.82, 2.24) is 0 Å². The molecule has 0 aliphatic rings. The predicted octanol–water partition coefficient (Wildman–Crippen LogP) is -1.50. The van der Waals surface area contributed by atoms with Crippen LogP contribution in [0.5, 0.6) is 0 Å². The zero-order valence-corrected chi connectivity index (χ0v) is 16.6. The summed E-state index contributed by atoms with van der Waals surface area (Å²) in [7, 11) is 0. The zero-order valence-electron chi connectivity index (χ0n) is 15.7. The molecule has 0 aliphatic carbocycles. The summed E-state index contributed by atoms with van der Waals surface area (Å²) >= 11 is 0.761. The maximum absolute atomic E-state index is 7.55. The monoisotopic (exact) mass is 608 g/mol. The quantitative estimate of drug-likeness (QED) is 0.0375. The summed E-state index contributed by atoms with van der Waals surface area (Å²) in [6.07, 6.45) is 1.49. The number of hydrogen-bond donors (Lipinski definition) is 1. The van der Waals surface area contributed by atoms with Gasteiger partial charge in [0, 0.05) is 104 Å². The van der Waals surface area contributed by atoms with Crippen LogP contribution in [0.2, 0.25) is 0 Å². The fraction of sp³-hybridized carbons (Fsp3) is 1.00. The molecule has 0 rings (SSSR count). The van der Waals surface area contributed by atoms with Crippen molar-refractivity contribution in [3.63, 3.8) is 0 Å². The van der Waals surface area contributed by atoms with Crippen LogP contribution in [0.25, 0.3) is 0 Å². The second-order valence-corrected chi connectivity index (χ2v) is 2.96. The molecule has 37 heavy (non-hydrogen) atoms. The van der Waals surface area contributed by atoms with E-state index in [9.17, 15) is 0 Å². The van der Waals surface area contributed by atoms with Crippen LogP contribution in [0.15, 0.2) is 0 Å². The molecule has 0 saturated heterocycles. The Kier molecular flexibility index (Phi) is 34.0. The lowest BCUT2D eigenvalue weighted by molar-refractivity contribution is -0.907. The fourth-order valence-electron chi connectivity index (χ4n) is 0.392. The van der Waals surface area contributed by atoms with E-state index in [1.165, 1.54) is 6.26 Å². The first-order valence-corrected chi connectivity index (χ1v) is 7.41. The first kappa shape index (κ1) is 35.9. The summed E-state index contributed by atoms with van der Waals surface area (Å²) in [5.41, 5.74) is 0. The standard InChI is InChI=1S/CH4O35S/c1-37-36-35-34-33-32-31-30-29-28-27-26-25-24-23-22-21-20-19-18-17-16-15-14-13-12-11-10-9-8-7-6-5-4-3-2/h2H,1H3. The summed E-state index contributed by atoms with van der Waals surface area (Å²) in [5, 5.41) is 123. The van der Waals surface area contributed by atoms with Crippen molar-refractivity contribution in [2.45, 2.75) is 0 Å². The maximum Gasteiger partial charge on any atom is 0.0312 e. The van der Waals surface area contributed by atoms with E-state index in [0.29, 0.717) is 0 Å². The molecule has 1 N–H and O–H groups in total. The van der Waals surface area contributed by atoms with Crippen molar-refractivity contribution in [3.8, 4) is 0 Å². The third-order valence-corrected chi connectivity index (χ3v) is 1.18. The van der Waals surface area contributed by atoms with E-state index in [2.05, 4.69) is 171 Å². The molecule has 36 heteroatoms. The Labute approximate surface area is 195 Å². The molecule has 0 aromatic rings. The highest BCUT2D eigenvalue weighted by molar-refractivity contribution is 7.93. The van der Waals surface area contributed by atoms with Crippen molar-refractivity contribution in [3.05, 3.63) is 0 Å². The van der Waals surface area contributed by atoms with E-state index < -0.39 is 0 Å². The van der Waals surface area contributed by atoms with Crippen molar-refractivity contribution in [1.29, 1.82) is 0 Å². The smallest absolute Gasteiger partial charge is 0.0312 e. The molecule has 0 amide bonds. The highest BCUT2D eigenvalue weighted by Gasteiger charge is 2.02. The minimum atomic E-state index is 0.761. The number of rotatable bonds is 34. The van der Waals surface area contributed by atoms with Crippen LogP contribution in [0.3, 0.4) is 0 Å². The molecule has 0 unspecified atom stereocenters. The van der Waals surface area contributed by atoms with Gasteiger partial charge < -0.3 is 0 Å². The van der Waals surface area contributed by atoms with Crippen molar-refractivity contribution >= 4 is 12.0 Å². The topological polar surface area (TPSA) is 334 Å². The van der Waals surface area contributed by atoms with Crippen molar-refractivity contribution in [2.75, 3.05) is 6.26 Å². The largest absolute Gasteiger partial charge is 0.219 e. The van der Waals surface area contributed by atoms with Gasteiger partial charge in [-0.3, -0.25) is 0 Å². The molecular weight excluding hydrogens is 604 g/mol. The highest BCUT2D eigenvalue weighted by atomic mass is 32.2. The first-order valence-electron chi connectivity index (χ1n) is 6.26. The van der Waals surface area contributed by atoms with Gasteiger partial charge in [0.05, 0.1) is 0 Å². The minimum Gasteiger partial charge on any atom is -0.219 e. The van der Waals surface area contributed by atoms with Gasteiger partial charge >= 0.3 is 0 Å². The second kappa shape index (κ2) is 35.0. The Morgan fingerprint density at radius 3 is 0.595 bits per heavy atom. The molecule has 0 spiro atoms. The molecule has 0 radical (unpaired) electrons. The normalized spacial score (nSPS) is 11.5. The maximum atomic E-state index is 7.55. The number of hydrogen-bond acceptors (Lipinski definition) is 36. The molecule has 0 aliphatic heterocycles. The lowest BCUT2D eigenvalue weighted by Crippen LogP contribution is -2.06. The average molecular weight is 608 g/mol. The second-order valence-electron chi connectivity index (χ2n) is 2.49. The molecule has 0 heterocycles. The Bertz CT molecular complexity index is 338. The highest BCUT2D eigenvalue weighted by Crippen LogP contribution is 1.98. The zero-order chi connectivity index (χ0) is 26.7. The van der Waals surface area contributed by atoms with Crippen LogP contribution in [0.4, 0.5) is 0 Å². The molecular formula is CH4O35S. The molecule has 0 saturated carbocycles. The van der Waals surface area contributed by atoms with E-state index >= 15 is 0 Å². The minimum absolute atomic E-state index is 0.761. The van der Waals surface area contributed by atoms with Gasteiger partial charge in [-0.15, -0.1) is 4.33 Å². The third-order valence-electron chi connectivity index (χ3n) is 0.987. The van der Waals surface area contributed by atoms with Gasteiger partial charge in [-0.25, -0.2) is 5.26 Å². The van der Waals surface area contributed by atoms with Gasteiger partial charge in [0.25, 0.3) is 0 Å². The summed E-state index contributed by atoms with van der Waals surface area (Å²) in [6, 6.07) is 0. The van der Waals surface area contributed by atoms with Gasteiger partial charge in [0.15, 0.2) is 0 Å². The Morgan fingerprint density at radius 1 is 0.270 bits per heavy atom. The Morgan fingerprint density at radius 2 is 0.432 bits per heavy atom. The SMILES string of the molecule is CSOOOOOOOOOOOOOOOOOOOOOOOOOOOOOOOOOOO. The van der Waals surface area contributed by atoms with Crippen LogP contribution >= 0.6 is 12.0 Å². The molecule has 0 aromatic carbocycles. The van der Waals surface area contributed by atoms with Gasteiger partial charge in [0.2, 0.25) is 0 Å². The summed E-state index contributed by atoms with van der Waals surface area (Å²) in [5.74, 6) is 0. The third kappa shape index (κ3) is 35.0.